The first-order valence-electron chi connectivity index (χ1n) is 11.2. The van der Waals surface area contributed by atoms with Gasteiger partial charge in [-0.05, 0) is 41.5 Å². The molecule has 1 heterocycles. The molecule has 38 heavy (non-hydrogen) atoms. The molecule has 206 valence electrons. The number of nitrogens with zero attached hydrogens (tertiary/aromatic N) is 1. The number of ether oxygens (including phenoxy) is 2. The van der Waals surface area contributed by atoms with Gasteiger partial charge in [-0.25, -0.2) is 9.18 Å². The Kier molecular flexibility index (Phi) is 11.4. The summed E-state index contributed by atoms with van der Waals surface area (Å²) in [6.07, 6.45) is 0.118. The highest BCUT2D eigenvalue weighted by atomic mass is 32.1. The average Bonchev–Trinajstić information content (AvgIpc) is 3.29. The maximum Gasteiger partial charge on any atom is 0.414 e. The van der Waals surface area contributed by atoms with E-state index < -0.39 is 40.8 Å². The number of nitrogens with one attached hydrogen (secondary N) is 3. The number of hydrogen-bond acceptors (Lipinski definition) is 11. The standard InChI is InChI=1S/C22H29FN6O6P2S/c23-19-7-16(29-12-17(34-21(29)30)11-27-20(38)35-22(36-31)37(32)33)5-6-18(19)14-3-1-13(2-4-14)9-26-10-15(8-24)28-25/h1-8,17,22,26,28,31-33,36H,9-12,24-25H2,(H,27,38)/b15-8-/t17-,22?/m0/s1. The smallest absolute Gasteiger partial charge is 0.414 e. The fraction of sp³-hybridized carbons (Fsp3) is 0.273. The number of carbonyl (C=O) groups excluding carboxylic acids is 1. The van der Waals surface area contributed by atoms with E-state index in [1.807, 2.05) is 24.3 Å². The molecular formula is C22H29FN6O6P2S. The van der Waals surface area contributed by atoms with Crippen LogP contribution in [0.5, 0.6) is 0 Å². The van der Waals surface area contributed by atoms with E-state index in [9.17, 15) is 4.79 Å². The molecule has 2 aromatic rings. The quantitative estimate of drug-likeness (QED) is 0.0770. The Labute approximate surface area is 226 Å². The van der Waals surface area contributed by atoms with Crippen LogP contribution in [0.1, 0.15) is 5.56 Å². The SMILES string of the molecule is N/C=C(/CNCc1ccc(-c2ccc(N3C[C@H](CNC(=S)OC(PO)P(O)O)OC3=O)cc2F)cc1)NN. The molecule has 1 fully saturated rings. The highest BCUT2D eigenvalue weighted by Crippen LogP contribution is 2.41. The first-order chi connectivity index (χ1) is 18.2. The van der Waals surface area contributed by atoms with Crippen molar-refractivity contribution in [3.05, 3.63) is 65.7 Å². The third-order valence-corrected chi connectivity index (χ3v) is 7.59. The summed E-state index contributed by atoms with van der Waals surface area (Å²) in [6, 6.07) is 11.9. The zero-order valence-corrected chi connectivity index (χ0v) is 22.7. The van der Waals surface area contributed by atoms with E-state index in [-0.39, 0.29) is 18.3 Å². The molecule has 10 N–H and O–H groups in total. The number of nitrogens with two attached hydrogens (primary N) is 2. The van der Waals surface area contributed by atoms with Gasteiger partial charge in [0.05, 0.1) is 33.3 Å². The van der Waals surface area contributed by atoms with Gasteiger partial charge in [0.15, 0.2) is 0 Å². The second-order valence-electron chi connectivity index (χ2n) is 8.01. The van der Waals surface area contributed by atoms with Crippen LogP contribution >= 0.6 is 29.4 Å². The van der Waals surface area contributed by atoms with Crippen LogP contribution in [-0.2, 0) is 16.0 Å². The molecule has 0 bridgehead atoms. The highest BCUT2D eigenvalue weighted by molar-refractivity contribution is 7.80. The summed E-state index contributed by atoms with van der Waals surface area (Å²) in [6.45, 7) is 1.25. The van der Waals surface area contributed by atoms with Gasteiger partial charge in [-0.2, -0.15) is 0 Å². The van der Waals surface area contributed by atoms with Gasteiger partial charge in [0.25, 0.3) is 5.17 Å². The van der Waals surface area contributed by atoms with E-state index in [0.717, 1.165) is 5.56 Å². The minimum Gasteiger partial charge on any atom is -0.451 e. The average molecular weight is 587 g/mol. The second-order valence-corrected chi connectivity index (χ2v) is 10.8. The third kappa shape index (κ3) is 8.16. The number of rotatable bonds is 12. The van der Waals surface area contributed by atoms with Crippen LogP contribution in [0.4, 0.5) is 14.9 Å². The van der Waals surface area contributed by atoms with E-state index >= 15 is 4.39 Å². The fourth-order valence-electron chi connectivity index (χ4n) is 3.51. The topological polar surface area (TPSA) is 188 Å². The van der Waals surface area contributed by atoms with E-state index in [1.165, 1.54) is 17.2 Å². The van der Waals surface area contributed by atoms with Gasteiger partial charge in [0, 0.05) is 24.9 Å². The molecule has 16 heteroatoms. The molecule has 3 rings (SSSR count). The minimum absolute atomic E-state index is 0.0748. The van der Waals surface area contributed by atoms with Crippen LogP contribution in [0, 0.1) is 5.82 Å². The molecule has 0 aromatic heterocycles. The molecule has 0 aliphatic carbocycles. The van der Waals surface area contributed by atoms with Gasteiger partial charge in [-0.15, -0.1) is 0 Å². The van der Waals surface area contributed by atoms with Crippen molar-refractivity contribution in [2.45, 2.75) is 18.2 Å². The van der Waals surface area contributed by atoms with Crippen molar-refractivity contribution in [3.8, 4) is 11.1 Å². The van der Waals surface area contributed by atoms with Crippen LogP contribution in [0.3, 0.4) is 0 Å². The van der Waals surface area contributed by atoms with Crippen LogP contribution in [0.15, 0.2) is 54.4 Å². The molecule has 0 spiro atoms. The van der Waals surface area contributed by atoms with Crippen molar-refractivity contribution < 1.29 is 33.3 Å². The first kappa shape index (κ1) is 29.9. The maximum atomic E-state index is 15.0. The number of anilines is 1. The molecule has 1 aliphatic rings. The van der Waals surface area contributed by atoms with E-state index in [1.54, 1.807) is 12.1 Å². The fourth-order valence-corrected chi connectivity index (χ4v) is 4.63. The molecule has 12 nitrogen and oxygen atoms in total. The van der Waals surface area contributed by atoms with Gasteiger partial charge >= 0.3 is 6.09 Å². The summed E-state index contributed by atoms with van der Waals surface area (Å²) in [5, 5.41) is 5.71. The lowest BCUT2D eigenvalue weighted by molar-refractivity contribution is 0.141. The van der Waals surface area contributed by atoms with Crippen LogP contribution in [0.2, 0.25) is 0 Å². The van der Waals surface area contributed by atoms with Gasteiger partial charge in [-0.1, -0.05) is 24.3 Å². The number of carbonyl (C=O) groups is 1. The predicted octanol–water partition coefficient (Wildman–Crippen LogP) is 1.23. The molecular weight excluding hydrogens is 557 g/mol. The molecule has 1 aliphatic heterocycles. The molecule has 0 radical (unpaired) electrons. The zero-order valence-electron chi connectivity index (χ0n) is 20.0. The summed E-state index contributed by atoms with van der Waals surface area (Å²) in [5.41, 5.74) is 9.75. The van der Waals surface area contributed by atoms with Crippen LogP contribution < -0.4 is 32.5 Å². The van der Waals surface area contributed by atoms with Crippen LogP contribution in [-0.4, -0.2) is 57.3 Å². The number of hydrazine groups is 1. The summed E-state index contributed by atoms with van der Waals surface area (Å²) in [5.74, 6) is 4.85. The van der Waals surface area contributed by atoms with E-state index in [2.05, 4.69) is 16.1 Å². The number of amides is 1. The maximum absolute atomic E-state index is 15.0. The second kappa shape index (κ2) is 14.5. The minimum atomic E-state index is -2.52. The Morgan fingerprint density at radius 3 is 2.68 bits per heavy atom. The number of cyclic esters (lactones) is 1. The highest BCUT2D eigenvalue weighted by Gasteiger charge is 2.33. The van der Waals surface area contributed by atoms with Gasteiger partial charge in [-0.3, -0.25) is 10.7 Å². The lowest BCUT2D eigenvalue weighted by Crippen LogP contribution is -2.35. The summed E-state index contributed by atoms with van der Waals surface area (Å²) < 4.78 is 25.4. The number of halogens is 1. The normalized spacial score (nSPS) is 16.7. The lowest BCUT2D eigenvalue weighted by Gasteiger charge is -2.19. The van der Waals surface area contributed by atoms with Crippen molar-refractivity contribution in [3.63, 3.8) is 0 Å². The van der Waals surface area contributed by atoms with Crippen molar-refractivity contribution in [1.82, 2.24) is 16.1 Å². The monoisotopic (exact) mass is 586 g/mol. The Balaban J connectivity index is 1.56. The summed E-state index contributed by atoms with van der Waals surface area (Å²) >= 11 is 4.96. The van der Waals surface area contributed by atoms with E-state index in [4.69, 9.17) is 47.9 Å². The number of benzene rings is 2. The molecule has 0 saturated carbocycles. The van der Waals surface area contributed by atoms with Crippen molar-refractivity contribution in [2.24, 2.45) is 11.6 Å². The molecule has 3 atom stereocenters. The van der Waals surface area contributed by atoms with Crippen molar-refractivity contribution >= 4 is 46.4 Å². The summed E-state index contributed by atoms with van der Waals surface area (Å²) in [4.78, 5) is 41.1. The Hall–Kier alpha value is -2.67. The Morgan fingerprint density at radius 1 is 1.34 bits per heavy atom. The predicted molar refractivity (Wildman–Crippen MR) is 148 cm³/mol. The summed E-state index contributed by atoms with van der Waals surface area (Å²) in [7, 11) is -3.40. The molecule has 1 saturated heterocycles. The number of thiocarbonyl (C=S) groups is 1. The van der Waals surface area contributed by atoms with Crippen molar-refractivity contribution in [1.29, 1.82) is 0 Å². The Morgan fingerprint density at radius 2 is 2.08 bits per heavy atom. The molecule has 2 unspecified atom stereocenters. The molecule has 2 aromatic carbocycles. The first-order valence-corrected chi connectivity index (χ1v) is 14.0. The van der Waals surface area contributed by atoms with Crippen molar-refractivity contribution in [2.75, 3.05) is 24.5 Å². The van der Waals surface area contributed by atoms with Gasteiger partial charge < -0.3 is 45.9 Å². The Bertz CT molecular complexity index is 1150. The largest absolute Gasteiger partial charge is 0.451 e. The number of hydrogen-bond donors (Lipinski definition) is 8. The van der Waals surface area contributed by atoms with E-state index in [0.29, 0.717) is 35.6 Å². The lowest BCUT2D eigenvalue weighted by atomic mass is 10.0. The van der Waals surface area contributed by atoms with Gasteiger partial charge in [0.1, 0.15) is 11.9 Å². The van der Waals surface area contributed by atoms with Gasteiger partial charge in [0.2, 0.25) is 14.0 Å². The third-order valence-electron chi connectivity index (χ3n) is 5.45. The zero-order chi connectivity index (χ0) is 27.7. The van der Waals surface area contributed by atoms with Crippen LogP contribution in [0.25, 0.3) is 11.1 Å². The molecule has 1 amide bonds.